The Kier molecular flexibility index (Phi) is 9.22. The van der Waals surface area contributed by atoms with E-state index in [0.29, 0.717) is 41.0 Å². The van der Waals surface area contributed by atoms with Gasteiger partial charge >= 0.3 is 0 Å². The van der Waals surface area contributed by atoms with Crippen molar-refractivity contribution in [3.8, 4) is 17.6 Å². The first-order valence-corrected chi connectivity index (χ1v) is 12.2. The lowest BCUT2D eigenvalue weighted by Crippen LogP contribution is -2.13. The van der Waals surface area contributed by atoms with E-state index < -0.39 is 5.91 Å². The van der Waals surface area contributed by atoms with Gasteiger partial charge < -0.3 is 14.8 Å². The molecule has 0 spiro atoms. The molecular formula is C26H21Cl2IN2O3. The molecule has 8 heteroatoms. The fraction of sp³-hybridized carbons (Fsp3) is 0.154. The fourth-order valence-corrected chi connectivity index (χ4v) is 4.27. The number of benzene rings is 3. The van der Waals surface area contributed by atoms with E-state index in [4.69, 9.17) is 32.7 Å². The summed E-state index contributed by atoms with van der Waals surface area (Å²) in [4.78, 5) is 12.7. The summed E-state index contributed by atoms with van der Waals surface area (Å²) in [7, 11) is 0. The number of ether oxygens (including phenoxy) is 2. The van der Waals surface area contributed by atoms with Crippen molar-refractivity contribution < 1.29 is 14.3 Å². The van der Waals surface area contributed by atoms with Crippen molar-refractivity contribution in [1.82, 2.24) is 0 Å². The third-order valence-corrected chi connectivity index (χ3v) is 6.29. The zero-order chi connectivity index (χ0) is 24.7. The number of nitrogens with zero attached hydrogens (tertiary/aromatic N) is 1. The zero-order valence-corrected chi connectivity index (χ0v) is 22.2. The number of anilines is 1. The zero-order valence-electron chi connectivity index (χ0n) is 18.5. The second-order valence-electron chi connectivity index (χ2n) is 7.27. The Hall–Kier alpha value is -2.73. The molecule has 0 saturated carbocycles. The molecule has 0 heterocycles. The number of carbonyl (C=O) groups is 1. The van der Waals surface area contributed by atoms with Gasteiger partial charge in [0.15, 0.2) is 11.5 Å². The molecule has 174 valence electrons. The summed E-state index contributed by atoms with van der Waals surface area (Å²) >= 11 is 14.3. The Balaban J connectivity index is 1.86. The summed E-state index contributed by atoms with van der Waals surface area (Å²) in [5, 5.41) is 12.7. The first-order chi connectivity index (χ1) is 16.3. The van der Waals surface area contributed by atoms with E-state index in [-0.39, 0.29) is 10.6 Å². The maximum absolute atomic E-state index is 12.7. The molecule has 3 rings (SSSR count). The number of hydrogen-bond acceptors (Lipinski definition) is 4. The van der Waals surface area contributed by atoms with Gasteiger partial charge in [-0.1, -0.05) is 59.1 Å². The predicted molar refractivity (Wildman–Crippen MR) is 145 cm³/mol. The molecule has 1 N–H and O–H groups in total. The van der Waals surface area contributed by atoms with Crippen LogP contribution in [0.25, 0.3) is 6.08 Å². The van der Waals surface area contributed by atoms with E-state index in [1.54, 1.807) is 24.3 Å². The van der Waals surface area contributed by atoms with Crippen LogP contribution in [0.5, 0.6) is 11.5 Å². The Morgan fingerprint density at radius 1 is 1.15 bits per heavy atom. The average Bonchev–Trinajstić information content (AvgIpc) is 2.80. The van der Waals surface area contributed by atoms with Crippen LogP contribution in [0.15, 0.2) is 60.2 Å². The highest BCUT2D eigenvalue weighted by atomic mass is 127. The topological polar surface area (TPSA) is 71.3 Å². The summed E-state index contributed by atoms with van der Waals surface area (Å²) < 4.78 is 12.7. The molecule has 3 aromatic rings. The monoisotopic (exact) mass is 606 g/mol. The molecule has 0 bridgehead atoms. The lowest BCUT2D eigenvalue weighted by atomic mass is 10.1. The molecule has 3 aromatic carbocycles. The van der Waals surface area contributed by atoms with Gasteiger partial charge in [0, 0.05) is 0 Å². The number of nitrogens with one attached hydrogen (secondary N) is 1. The van der Waals surface area contributed by atoms with Crippen LogP contribution in [-0.4, -0.2) is 12.5 Å². The molecule has 1 amide bonds. The van der Waals surface area contributed by atoms with Crippen molar-refractivity contribution >= 4 is 63.5 Å². The molecule has 0 aliphatic carbocycles. The third kappa shape index (κ3) is 6.66. The second-order valence-corrected chi connectivity index (χ2v) is 9.21. The van der Waals surface area contributed by atoms with Crippen LogP contribution in [0.1, 0.15) is 23.6 Å². The summed E-state index contributed by atoms with van der Waals surface area (Å²) in [5.74, 6) is 0.540. The number of nitriles is 1. The number of amides is 1. The van der Waals surface area contributed by atoms with Gasteiger partial charge in [0.05, 0.1) is 25.9 Å². The summed E-state index contributed by atoms with van der Waals surface area (Å²) in [5.41, 5.74) is 3.06. The van der Waals surface area contributed by atoms with Gasteiger partial charge in [-0.15, -0.1) is 0 Å². The Bertz CT molecular complexity index is 1290. The highest BCUT2D eigenvalue weighted by molar-refractivity contribution is 14.1. The second kappa shape index (κ2) is 12.1. The maximum atomic E-state index is 12.7. The van der Waals surface area contributed by atoms with Crippen LogP contribution < -0.4 is 14.8 Å². The smallest absolute Gasteiger partial charge is 0.266 e. The standard InChI is InChI=1S/C26H21Cl2IN2O3/c1-3-33-23-13-18(12-21(29)25(23)34-15-17-7-4-6-16(2)10-17)11-19(14-30)26(32)31-22-9-5-8-20(27)24(22)28/h4-13H,3,15H2,1-2H3,(H,31,32)/b19-11-. The molecule has 0 aliphatic rings. The van der Waals surface area contributed by atoms with E-state index in [1.165, 1.54) is 6.08 Å². The minimum absolute atomic E-state index is 0.0947. The normalized spacial score (nSPS) is 11.0. The largest absolute Gasteiger partial charge is 0.490 e. The maximum Gasteiger partial charge on any atom is 0.266 e. The van der Waals surface area contributed by atoms with E-state index in [0.717, 1.165) is 14.7 Å². The first kappa shape index (κ1) is 25.9. The molecule has 0 unspecified atom stereocenters. The van der Waals surface area contributed by atoms with Gasteiger partial charge in [0.1, 0.15) is 18.2 Å². The average molecular weight is 607 g/mol. The van der Waals surface area contributed by atoms with Crippen LogP contribution in [0.4, 0.5) is 5.69 Å². The molecule has 0 saturated heterocycles. The van der Waals surface area contributed by atoms with Crippen molar-refractivity contribution in [2.45, 2.75) is 20.5 Å². The fourth-order valence-electron chi connectivity index (χ4n) is 3.14. The Labute approximate surface area is 222 Å². The molecule has 0 radical (unpaired) electrons. The first-order valence-electron chi connectivity index (χ1n) is 10.3. The lowest BCUT2D eigenvalue weighted by molar-refractivity contribution is -0.112. The van der Waals surface area contributed by atoms with E-state index >= 15 is 0 Å². The highest BCUT2D eigenvalue weighted by Gasteiger charge is 2.16. The SMILES string of the molecule is CCOc1cc(/C=C(/C#N)C(=O)Nc2cccc(Cl)c2Cl)cc(I)c1OCc1cccc(C)c1. The quantitative estimate of drug-likeness (QED) is 0.164. The van der Waals surface area contributed by atoms with Gasteiger partial charge in [-0.3, -0.25) is 4.79 Å². The minimum Gasteiger partial charge on any atom is -0.490 e. The van der Waals surface area contributed by atoms with Crippen LogP contribution in [0.2, 0.25) is 10.0 Å². The van der Waals surface area contributed by atoms with Crippen LogP contribution >= 0.6 is 45.8 Å². The molecule has 0 atom stereocenters. The lowest BCUT2D eigenvalue weighted by Gasteiger charge is -2.15. The number of aryl methyl sites for hydroxylation is 1. The molecule has 34 heavy (non-hydrogen) atoms. The van der Waals surface area contributed by atoms with Crippen molar-refractivity contribution in [2.24, 2.45) is 0 Å². The van der Waals surface area contributed by atoms with Crippen molar-refractivity contribution in [3.05, 3.63) is 90.5 Å². The van der Waals surface area contributed by atoms with E-state index in [2.05, 4.69) is 34.0 Å². The van der Waals surface area contributed by atoms with E-state index in [9.17, 15) is 10.1 Å². The van der Waals surface area contributed by atoms with Crippen molar-refractivity contribution in [3.63, 3.8) is 0 Å². The third-order valence-electron chi connectivity index (χ3n) is 4.67. The highest BCUT2D eigenvalue weighted by Crippen LogP contribution is 2.36. The van der Waals surface area contributed by atoms with Crippen LogP contribution in [0.3, 0.4) is 0 Å². The molecular weight excluding hydrogens is 586 g/mol. The van der Waals surface area contributed by atoms with Gasteiger partial charge in [-0.05, 0) is 77.9 Å². The number of carbonyl (C=O) groups excluding carboxylic acids is 1. The van der Waals surface area contributed by atoms with Gasteiger partial charge in [-0.25, -0.2) is 0 Å². The molecule has 0 fully saturated rings. The summed E-state index contributed by atoms with van der Waals surface area (Å²) in [6.45, 7) is 4.73. The van der Waals surface area contributed by atoms with Gasteiger partial charge in [0.2, 0.25) is 0 Å². The van der Waals surface area contributed by atoms with Crippen LogP contribution in [0, 0.1) is 21.8 Å². The van der Waals surface area contributed by atoms with Gasteiger partial charge in [-0.2, -0.15) is 5.26 Å². The Morgan fingerprint density at radius 2 is 1.91 bits per heavy atom. The van der Waals surface area contributed by atoms with E-state index in [1.807, 2.05) is 44.2 Å². The van der Waals surface area contributed by atoms with Crippen LogP contribution in [-0.2, 0) is 11.4 Å². The Morgan fingerprint density at radius 3 is 2.62 bits per heavy atom. The summed E-state index contributed by atoms with van der Waals surface area (Å²) in [6.07, 6.45) is 1.49. The van der Waals surface area contributed by atoms with Gasteiger partial charge in [0.25, 0.3) is 5.91 Å². The molecule has 5 nitrogen and oxygen atoms in total. The number of hydrogen-bond donors (Lipinski definition) is 1. The minimum atomic E-state index is -0.598. The number of rotatable bonds is 8. The van der Waals surface area contributed by atoms with Crippen molar-refractivity contribution in [1.29, 1.82) is 5.26 Å². The molecule has 0 aliphatic heterocycles. The number of halogens is 3. The molecule has 0 aromatic heterocycles. The summed E-state index contributed by atoms with van der Waals surface area (Å²) in [6, 6.07) is 18.5. The predicted octanol–water partition coefficient (Wildman–Crippen LogP) is 7.43. The van der Waals surface area contributed by atoms with Crippen molar-refractivity contribution in [2.75, 3.05) is 11.9 Å².